The van der Waals surface area contributed by atoms with Crippen LogP contribution in [0, 0.1) is 5.92 Å². The number of guanidine groups is 1. The minimum atomic E-state index is -0.0527. The van der Waals surface area contributed by atoms with Gasteiger partial charge < -0.3 is 15.0 Å². The van der Waals surface area contributed by atoms with Crippen molar-refractivity contribution < 1.29 is 9.53 Å². The largest absolute Gasteiger partial charge is 0.466 e. The van der Waals surface area contributed by atoms with E-state index in [9.17, 15) is 4.79 Å². The van der Waals surface area contributed by atoms with Gasteiger partial charge in [-0.1, -0.05) is 18.2 Å². The predicted molar refractivity (Wildman–Crippen MR) is 104 cm³/mol. The molecule has 1 aromatic carbocycles. The lowest BCUT2D eigenvalue weighted by Gasteiger charge is -2.33. The molecule has 1 aliphatic rings. The normalized spacial score (nSPS) is 15.9. The van der Waals surface area contributed by atoms with Crippen molar-refractivity contribution in [2.75, 3.05) is 39.0 Å². The van der Waals surface area contributed by atoms with Gasteiger partial charge in [-0.05, 0) is 44.1 Å². The van der Waals surface area contributed by atoms with E-state index in [0.29, 0.717) is 6.61 Å². The summed E-state index contributed by atoms with van der Waals surface area (Å²) < 4.78 is 5.13. The average Bonchev–Trinajstić information content (AvgIpc) is 2.66. The van der Waals surface area contributed by atoms with Crippen LogP contribution in [0.4, 0.5) is 0 Å². The van der Waals surface area contributed by atoms with E-state index in [4.69, 9.17) is 4.74 Å². The average molecular weight is 364 g/mol. The Morgan fingerprint density at radius 1 is 1.32 bits per heavy atom. The molecular weight excluding hydrogens is 334 g/mol. The second kappa shape index (κ2) is 11.0. The molecule has 5 nitrogen and oxygen atoms in total. The molecule has 138 valence electrons. The molecule has 0 atom stereocenters. The van der Waals surface area contributed by atoms with Gasteiger partial charge in [-0.3, -0.25) is 9.79 Å². The minimum Gasteiger partial charge on any atom is -0.466 e. The van der Waals surface area contributed by atoms with Gasteiger partial charge in [0.1, 0.15) is 0 Å². The highest BCUT2D eigenvalue weighted by Crippen LogP contribution is 2.19. The summed E-state index contributed by atoms with van der Waals surface area (Å²) in [6, 6.07) is 10.5. The van der Waals surface area contributed by atoms with Gasteiger partial charge >= 0.3 is 5.97 Å². The van der Waals surface area contributed by atoms with Crippen LogP contribution in [0.3, 0.4) is 0 Å². The Balaban J connectivity index is 1.65. The van der Waals surface area contributed by atoms with Crippen molar-refractivity contribution in [2.45, 2.75) is 31.1 Å². The molecule has 0 spiro atoms. The first-order valence-electron chi connectivity index (χ1n) is 9.04. The summed E-state index contributed by atoms with van der Waals surface area (Å²) in [5.41, 5.74) is 0. The number of nitrogens with zero attached hydrogens (tertiary/aromatic N) is 2. The first-order valence-corrected chi connectivity index (χ1v) is 10.0. The lowest BCUT2D eigenvalue weighted by Crippen LogP contribution is -2.47. The maximum absolute atomic E-state index is 11.8. The number of esters is 1. The van der Waals surface area contributed by atoms with Gasteiger partial charge in [-0.2, -0.15) is 0 Å². The Morgan fingerprint density at radius 2 is 2.04 bits per heavy atom. The van der Waals surface area contributed by atoms with Crippen LogP contribution in [-0.2, 0) is 9.53 Å². The van der Waals surface area contributed by atoms with Gasteiger partial charge in [0, 0.05) is 31.6 Å². The third kappa shape index (κ3) is 6.61. The molecule has 0 amide bonds. The molecule has 1 saturated heterocycles. The molecule has 0 unspecified atom stereocenters. The third-order valence-electron chi connectivity index (χ3n) is 4.24. The lowest BCUT2D eigenvalue weighted by molar-refractivity contribution is -0.149. The van der Waals surface area contributed by atoms with Gasteiger partial charge in [0.05, 0.1) is 12.5 Å². The number of likely N-dealkylation sites (tertiary alicyclic amines) is 1. The molecule has 2 rings (SSSR count). The molecule has 6 heteroatoms. The molecule has 0 aliphatic carbocycles. The SMILES string of the molecule is CCOC(=O)C1CCN(C(=NC)NCCCSc2ccccc2)CC1. The van der Waals surface area contributed by atoms with E-state index in [1.165, 1.54) is 4.90 Å². The second-order valence-electron chi connectivity index (χ2n) is 6.00. The Morgan fingerprint density at radius 3 is 2.68 bits per heavy atom. The van der Waals surface area contributed by atoms with E-state index in [-0.39, 0.29) is 11.9 Å². The summed E-state index contributed by atoms with van der Waals surface area (Å²) in [4.78, 5) is 19.7. The molecule has 1 fully saturated rings. The number of ether oxygens (including phenoxy) is 1. The molecule has 1 heterocycles. The highest BCUT2D eigenvalue weighted by molar-refractivity contribution is 7.99. The van der Waals surface area contributed by atoms with Crippen molar-refractivity contribution in [3.63, 3.8) is 0 Å². The van der Waals surface area contributed by atoms with Gasteiger partial charge in [-0.25, -0.2) is 0 Å². The monoisotopic (exact) mass is 363 g/mol. The van der Waals surface area contributed by atoms with Crippen LogP contribution < -0.4 is 5.32 Å². The second-order valence-corrected chi connectivity index (χ2v) is 7.17. The zero-order chi connectivity index (χ0) is 17.9. The first kappa shape index (κ1) is 19.6. The summed E-state index contributed by atoms with van der Waals surface area (Å²) in [5, 5.41) is 3.44. The number of nitrogens with one attached hydrogen (secondary N) is 1. The van der Waals surface area contributed by atoms with Gasteiger partial charge in [0.2, 0.25) is 0 Å². The molecule has 1 N–H and O–H groups in total. The van der Waals surface area contributed by atoms with Gasteiger partial charge in [-0.15, -0.1) is 11.8 Å². The van der Waals surface area contributed by atoms with E-state index in [0.717, 1.165) is 50.6 Å². The fraction of sp³-hybridized carbons (Fsp3) is 0.579. The molecule has 0 aromatic heterocycles. The minimum absolute atomic E-state index is 0.0385. The summed E-state index contributed by atoms with van der Waals surface area (Å²) in [5.74, 6) is 2.01. The summed E-state index contributed by atoms with van der Waals surface area (Å²) in [7, 11) is 1.82. The van der Waals surface area contributed by atoms with E-state index < -0.39 is 0 Å². The molecular formula is C19H29N3O2S. The number of hydrogen-bond donors (Lipinski definition) is 1. The van der Waals surface area contributed by atoms with Crippen LogP contribution in [-0.4, -0.2) is 55.9 Å². The van der Waals surface area contributed by atoms with Crippen LogP contribution in [0.25, 0.3) is 0 Å². The number of benzene rings is 1. The molecule has 25 heavy (non-hydrogen) atoms. The Labute approximate surface area is 155 Å². The highest BCUT2D eigenvalue weighted by atomic mass is 32.2. The lowest BCUT2D eigenvalue weighted by atomic mass is 9.97. The fourth-order valence-electron chi connectivity index (χ4n) is 2.90. The number of carbonyl (C=O) groups is 1. The zero-order valence-electron chi connectivity index (χ0n) is 15.2. The van der Waals surface area contributed by atoms with Crippen molar-refractivity contribution >= 4 is 23.7 Å². The molecule has 1 aromatic rings. The van der Waals surface area contributed by atoms with Crippen LogP contribution in [0.5, 0.6) is 0 Å². The van der Waals surface area contributed by atoms with Crippen LogP contribution >= 0.6 is 11.8 Å². The third-order valence-corrected chi connectivity index (χ3v) is 5.34. The molecule has 0 saturated carbocycles. The maximum atomic E-state index is 11.8. The van der Waals surface area contributed by atoms with Crippen LogP contribution in [0.15, 0.2) is 40.2 Å². The first-order chi connectivity index (χ1) is 12.2. The van der Waals surface area contributed by atoms with Gasteiger partial charge in [0.25, 0.3) is 0 Å². The van der Waals surface area contributed by atoms with Crippen LogP contribution in [0.2, 0.25) is 0 Å². The van der Waals surface area contributed by atoms with Crippen molar-refractivity contribution in [3.05, 3.63) is 30.3 Å². The Kier molecular flexibility index (Phi) is 8.66. The predicted octanol–water partition coefficient (Wildman–Crippen LogP) is 3.02. The van der Waals surface area contributed by atoms with Crippen molar-refractivity contribution in [3.8, 4) is 0 Å². The quantitative estimate of drug-likeness (QED) is 0.265. The summed E-state index contributed by atoms with van der Waals surface area (Å²) >= 11 is 1.88. The van der Waals surface area contributed by atoms with E-state index in [1.807, 2.05) is 31.8 Å². The molecule has 0 bridgehead atoms. The van der Waals surface area contributed by atoms with Gasteiger partial charge in [0.15, 0.2) is 5.96 Å². The maximum Gasteiger partial charge on any atom is 0.309 e. The Hall–Kier alpha value is -1.69. The number of carbonyl (C=O) groups excluding carboxylic acids is 1. The van der Waals surface area contributed by atoms with Crippen LogP contribution in [0.1, 0.15) is 26.2 Å². The van der Waals surface area contributed by atoms with E-state index in [1.54, 1.807) is 0 Å². The molecule has 1 aliphatic heterocycles. The Bertz CT molecular complexity index is 543. The van der Waals surface area contributed by atoms with E-state index in [2.05, 4.69) is 39.5 Å². The smallest absolute Gasteiger partial charge is 0.309 e. The molecule has 0 radical (unpaired) electrons. The highest BCUT2D eigenvalue weighted by Gasteiger charge is 2.27. The number of aliphatic imine (C=N–C) groups is 1. The van der Waals surface area contributed by atoms with E-state index >= 15 is 0 Å². The topological polar surface area (TPSA) is 53.9 Å². The number of thioether (sulfide) groups is 1. The number of hydrogen-bond acceptors (Lipinski definition) is 4. The fourth-order valence-corrected chi connectivity index (χ4v) is 3.77. The summed E-state index contributed by atoms with van der Waals surface area (Å²) in [6.45, 7) is 4.92. The van der Waals surface area contributed by atoms with Crippen molar-refractivity contribution in [1.29, 1.82) is 0 Å². The number of rotatable bonds is 7. The summed E-state index contributed by atoms with van der Waals surface area (Å²) in [6.07, 6.45) is 2.75. The number of piperidine rings is 1. The zero-order valence-corrected chi connectivity index (χ0v) is 16.1. The van der Waals surface area contributed by atoms with Crippen molar-refractivity contribution in [2.24, 2.45) is 10.9 Å². The van der Waals surface area contributed by atoms with Crippen molar-refractivity contribution in [1.82, 2.24) is 10.2 Å². The standard InChI is InChI=1S/C19H29N3O2S/c1-3-24-18(23)16-10-13-22(14-11-16)19(20-2)21-12-7-15-25-17-8-5-4-6-9-17/h4-6,8-9,16H,3,7,10-15H2,1-2H3,(H,20,21).